The van der Waals surface area contributed by atoms with Gasteiger partial charge in [0.1, 0.15) is 5.52 Å². The molecule has 3 rings (SSSR count). The van der Waals surface area contributed by atoms with Crippen LogP contribution in [0.25, 0.3) is 10.9 Å². The molecule has 2 N–H and O–H groups in total. The summed E-state index contributed by atoms with van der Waals surface area (Å²) < 4.78 is 1.30. The Kier molecular flexibility index (Phi) is 5.80. The van der Waals surface area contributed by atoms with Crippen LogP contribution in [-0.2, 0) is 13.0 Å². The molecule has 0 aliphatic carbocycles. The molecule has 27 heavy (non-hydrogen) atoms. The van der Waals surface area contributed by atoms with Crippen molar-refractivity contribution in [1.29, 1.82) is 0 Å². The molecule has 7 heteroatoms. The van der Waals surface area contributed by atoms with Crippen molar-refractivity contribution < 1.29 is 4.79 Å². The van der Waals surface area contributed by atoms with Crippen LogP contribution in [-0.4, -0.2) is 27.1 Å². The molecule has 0 bridgehead atoms. The van der Waals surface area contributed by atoms with Gasteiger partial charge in [0.2, 0.25) is 0 Å². The summed E-state index contributed by atoms with van der Waals surface area (Å²) in [6.45, 7) is 4.25. The third-order valence-corrected chi connectivity index (χ3v) is 4.50. The van der Waals surface area contributed by atoms with Gasteiger partial charge in [0.05, 0.1) is 18.0 Å². The second-order valence-corrected chi connectivity index (χ2v) is 6.31. The lowest BCUT2D eigenvalue weighted by molar-refractivity contribution is 0.245. The van der Waals surface area contributed by atoms with Crippen LogP contribution < -0.4 is 16.2 Å². The minimum absolute atomic E-state index is 0.211. The number of aryl methyl sites for hydroxylation is 1. The van der Waals surface area contributed by atoms with Gasteiger partial charge in [-0.05, 0) is 36.6 Å². The van der Waals surface area contributed by atoms with E-state index in [4.69, 9.17) is 0 Å². The molecular formula is C20H23N5O2. The fraction of sp³-hybridized carbons (Fsp3) is 0.300. The molecule has 140 valence electrons. The van der Waals surface area contributed by atoms with Crippen molar-refractivity contribution in [1.82, 2.24) is 20.3 Å². The second-order valence-electron chi connectivity index (χ2n) is 6.31. The first-order valence-electron chi connectivity index (χ1n) is 9.10. The molecule has 0 aliphatic rings. The van der Waals surface area contributed by atoms with E-state index in [9.17, 15) is 9.59 Å². The smallest absolute Gasteiger partial charge is 0.319 e. The molecule has 0 saturated heterocycles. The zero-order valence-electron chi connectivity index (χ0n) is 15.5. The van der Waals surface area contributed by atoms with E-state index < -0.39 is 0 Å². The van der Waals surface area contributed by atoms with Crippen LogP contribution in [0, 0.1) is 0 Å². The van der Waals surface area contributed by atoms with E-state index in [1.165, 1.54) is 4.68 Å². The quantitative estimate of drug-likeness (QED) is 0.703. The van der Waals surface area contributed by atoms with Crippen LogP contribution in [0.1, 0.15) is 25.8 Å². The number of fused-ring (bicyclic) bond motifs is 1. The molecule has 2 amide bonds. The Labute approximate surface area is 157 Å². The number of hydrogen-bond acceptors (Lipinski definition) is 4. The van der Waals surface area contributed by atoms with Gasteiger partial charge in [-0.3, -0.25) is 4.79 Å². The Morgan fingerprint density at radius 2 is 1.85 bits per heavy atom. The number of benzene rings is 2. The molecule has 0 unspecified atom stereocenters. The van der Waals surface area contributed by atoms with Crippen molar-refractivity contribution >= 4 is 22.6 Å². The summed E-state index contributed by atoms with van der Waals surface area (Å²) in [7, 11) is 0. The van der Waals surface area contributed by atoms with Gasteiger partial charge in [-0.2, -0.15) is 0 Å². The number of nitrogens with zero attached hydrogens (tertiary/aromatic N) is 3. The molecule has 2 aromatic carbocycles. The summed E-state index contributed by atoms with van der Waals surface area (Å²) in [4.78, 5) is 25.0. The third-order valence-electron chi connectivity index (χ3n) is 4.50. The average Bonchev–Trinajstić information content (AvgIpc) is 2.70. The Balaban J connectivity index is 1.71. The lowest BCUT2D eigenvalue weighted by Crippen LogP contribution is -2.42. The Morgan fingerprint density at radius 3 is 2.63 bits per heavy atom. The molecule has 1 aromatic heterocycles. The van der Waals surface area contributed by atoms with Crippen molar-refractivity contribution in [2.75, 3.05) is 5.32 Å². The zero-order valence-corrected chi connectivity index (χ0v) is 15.5. The maximum Gasteiger partial charge on any atom is 0.319 e. The lowest BCUT2D eigenvalue weighted by atomic mass is 10.1. The number of carbonyl (C=O) groups excluding carboxylic acids is 1. The average molecular weight is 365 g/mol. The van der Waals surface area contributed by atoms with Gasteiger partial charge in [-0.25, -0.2) is 9.48 Å². The number of carbonyl (C=O) groups is 1. The number of aromatic nitrogens is 3. The normalized spacial score (nSPS) is 11.9. The van der Waals surface area contributed by atoms with Crippen molar-refractivity contribution in [3.8, 4) is 0 Å². The zero-order chi connectivity index (χ0) is 19.2. The summed E-state index contributed by atoms with van der Waals surface area (Å²) in [6.07, 6.45) is 1.49. The predicted molar refractivity (Wildman–Crippen MR) is 106 cm³/mol. The number of hydrogen-bond donors (Lipinski definition) is 2. The highest BCUT2D eigenvalue weighted by Crippen LogP contribution is 2.15. The maximum absolute atomic E-state index is 12.6. The summed E-state index contributed by atoms with van der Waals surface area (Å²) in [5.41, 5.74) is 2.21. The van der Waals surface area contributed by atoms with Gasteiger partial charge >= 0.3 is 6.03 Å². The van der Waals surface area contributed by atoms with Crippen molar-refractivity contribution in [2.24, 2.45) is 0 Å². The summed E-state index contributed by atoms with van der Waals surface area (Å²) in [5.74, 6) is 0. The molecule has 0 saturated carbocycles. The van der Waals surface area contributed by atoms with Crippen LogP contribution in [0.15, 0.2) is 53.3 Å². The van der Waals surface area contributed by atoms with Crippen LogP contribution in [0.5, 0.6) is 0 Å². The first-order valence-corrected chi connectivity index (χ1v) is 9.10. The summed E-state index contributed by atoms with van der Waals surface area (Å²) >= 11 is 0. The topological polar surface area (TPSA) is 88.9 Å². The molecule has 0 aliphatic heterocycles. The van der Waals surface area contributed by atoms with Gasteiger partial charge in [0, 0.05) is 5.69 Å². The fourth-order valence-electron chi connectivity index (χ4n) is 2.92. The molecule has 0 fully saturated rings. The summed E-state index contributed by atoms with van der Waals surface area (Å²) in [5, 5.41) is 14.4. The second kappa shape index (κ2) is 8.44. The molecule has 1 atom stereocenters. The molecule has 0 radical (unpaired) electrons. The summed E-state index contributed by atoms with van der Waals surface area (Å²) in [6, 6.07) is 14.2. The van der Waals surface area contributed by atoms with Crippen LogP contribution >= 0.6 is 0 Å². The maximum atomic E-state index is 12.6. The minimum atomic E-state index is -0.301. The van der Waals surface area contributed by atoms with Gasteiger partial charge in [0.25, 0.3) is 5.56 Å². The van der Waals surface area contributed by atoms with Gasteiger partial charge in [-0.15, -0.1) is 5.10 Å². The monoisotopic (exact) mass is 365 g/mol. The SMILES string of the molecule is CCc1ccccc1NC(=O)N[C@@H](CC)Cn1nnc2ccccc2c1=O. The molecule has 1 heterocycles. The predicted octanol–water partition coefficient (Wildman–Crippen LogP) is 2.95. The third kappa shape index (κ3) is 4.31. The largest absolute Gasteiger partial charge is 0.333 e. The van der Waals surface area contributed by atoms with E-state index in [1.807, 2.05) is 44.2 Å². The number of anilines is 1. The highest BCUT2D eigenvalue weighted by Gasteiger charge is 2.15. The first kappa shape index (κ1) is 18.6. The number of nitrogens with one attached hydrogen (secondary N) is 2. The van der Waals surface area contributed by atoms with E-state index in [0.29, 0.717) is 17.3 Å². The number of amides is 2. The minimum Gasteiger partial charge on any atom is -0.333 e. The van der Waals surface area contributed by atoms with Gasteiger partial charge in [0.15, 0.2) is 0 Å². The van der Waals surface area contributed by atoms with Crippen LogP contribution in [0.3, 0.4) is 0 Å². The highest BCUT2D eigenvalue weighted by atomic mass is 16.2. The Morgan fingerprint density at radius 1 is 1.11 bits per heavy atom. The van der Waals surface area contributed by atoms with Crippen LogP contribution in [0.4, 0.5) is 10.5 Å². The lowest BCUT2D eigenvalue weighted by Gasteiger charge is -2.18. The standard InChI is InChI=1S/C20H23N5O2/c1-3-14-9-5-7-11-17(14)22-20(27)21-15(4-2)13-25-19(26)16-10-6-8-12-18(16)23-24-25/h5-12,15H,3-4,13H2,1-2H3,(H2,21,22,27)/t15-/m0/s1. The molecule has 0 spiro atoms. The van der Waals surface area contributed by atoms with E-state index in [1.54, 1.807) is 18.2 Å². The molecular weight excluding hydrogens is 342 g/mol. The number of urea groups is 1. The van der Waals surface area contributed by atoms with Crippen LogP contribution in [0.2, 0.25) is 0 Å². The molecule has 7 nitrogen and oxygen atoms in total. The van der Waals surface area contributed by atoms with E-state index in [0.717, 1.165) is 17.7 Å². The van der Waals surface area contributed by atoms with Crippen molar-refractivity contribution in [3.05, 3.63) is 64.4 Å². The molecule has 3 aromatic rings. The van der Waals surface area contributed by atoms with Gasteiger partial charge in [-0.1, -0.05) is 49.4 Å². The van der Waals surface area contributed by atoms with Crippen molar-refractivity contribution in [3.63, 3.8) is 0 Å². The number of para-hydroxylation sites is 1. The fourth-order valence-corrected chi connectivity index (χ4v) is 2.92. The highest BCUT2D eigenvalue weighted by molar-refractivity contribution is 5.90. The van der Waals surface area contributed by atoms with Crippen molar-refractivity contribution in [2.45, 2.75) is 39.3 Å². The number of rotatable bonds is 6. The Bertz CT molecular complexity index is 999. The van der Waals surface area contributed by atoms with E-state index in [-0.39, 0.29) is 24.2 Å². The first-order chi connectivity index (χ1) is 13.1. The Hall–Kier alpha value is -3.22. The van der Waals surface area contributed by atoms with E-state index >= 15 is 0 Å². The van der Waals surface area contributed by atoms with E-state index in [2.05, 4.69) is 20.9 Å². The van der Waals surface area contributed by atoms with Gasteiger partial charge < -0.3 is 10.6 Å².